The van der Waals surface area contributed by atoms with Gasteiger partial charge in [0.25, 0.3) is 0 Å². The van der Waals surface area contributed by atoms with Crippen LogP contribution in [0.3, 0.4) is 0 Å². The van der Waals surface area contributed by atoms with Crippen LogP contribution in [0.4, 0.5) is 15.1 Å². The summed E-state index contributed by atoms with van der Waals surface area (Å²) in [4.78, 5) is 33.2. The molecule has 1 heterocycles. The Morgan fingerprint density at radius 2 is 1.94 bits per heavy atom. The first-order valence-electron chi connectivity index (χ1n) is 10.7. The first-order chi connectivity index (χ1) is 15.8. The van der Waals surface area contributed by atoms with Crippen molar-refractivity contribution >= 4 is 40.6 Å². The van der Waals surface area contributed by atoms with Crippen molar-refractivity contribution in [1.82, 2.24) is 14.9 Å². The molecule has 0 aliphatic carbocycles. The molecule has 182 valence electrons. The van der Waals surface area contributed by atoms with Crippen LogP contribution in [-0.4, -0.2) is 40.5 Å². The van der Waals surface area contributed by atoms with Gasteiger partial charge in [0.2, 0.25) is 5.95 Å². The molecule has 4 N–H and O–H groups in total. The summed E-state index contributed by atoms with van der Waals surface area (Å²) in [5.74, 6) is -0.527. The van der Waals surface area contributed by atoms with Gasteiger partial charge in [-0.15, -0.1) is 0 Å². The zero-order chi connectivity index (χ0) is 25.3. The van der Waals surface area contributed by atoms with Crippen LogP contribution in [0.25, 0.3) is 11.0 Å². The first kappa shape index (κ1) is 25.3. The predicted octanol–water partition coefficient (Wildman–Crippen LogP) is 4.78. The van der Waals surface area contributed by atoms with Crippen LogP contribution in [-0.2, 0) is 21.6 Å². The van der Waals surface area contributed by atoms with E-state index < -0.39 is 22.8 Å². The Kier molecular flexibility index (Phi) is 7.07. The second-order valence-corrected chi connectivity index (χ2v) is 9.91. The number of amides is 2. The molecule has 0 bridgehead atoms. The second kappa shape index (κ2) is 9.50. The smallest absolute Gasteiger partial charge is 0.314 e. The molecule has 34 heavy (non-hydrogen) atoms. The van der Waals surface area contributed by atoms with Crippen molar-refractivity contribution in [2.75, 3.05) is 19.0 Å². The Hall–Kier alpha value is -3.33. The van der Waals surface area contributed by atoms with E-state index in [1.54, 1.807) is 33.9 Å². The number of hydrogen-bond acceptors (Lipinski definition) is 5. The number of anilines is 1. The zero-order valence-corrected chi connectivity index (χ0v) is 20.6. The minimum atomic E-state index is -0.990. The molecule has 3 aromatic rings. The number of rotatable bonds is 7. The Morgan fingerprint density at radius 3 is 2.56 bits per heavy atom. The van der Waals surface area contributed by atoms with Crippen LogP contribution in [0.5, 0.6) is 0 Å². The molecule has 8 nitrogen and oxygen atoms in total. The highest BCUT2D eigenvalue weighted by Crippen LogP contribution is 2.31. The molecule has 0 saturated heterocycles. The van der Waals surface area contributed by atoms with Crippen molar-refractivity contribution in [3.63, 3.8) is 0 Å². The second-order valence-electron chi connectivity index (χ2n) is 9.51. The van der Waals surface area contributed by atoms with Crippen molar-refractivity contribution in [2.24, 2.45) is 11.1 Å². The average molecular weight is 490 g/mol. The molecule has 1 unspecified atom stereocenters. The van der Waals surface area contributed by atoms with Crippen LogP contribution >= 0.6 is 11.6 Å². The number of hydrogen-bond donors (Lipinski definition) is 3. The Bertz CT molecular complexity index is 1220. The molecule has 0 spiro atoms. The third kappa shape index (κ3) is 5.59. The number of carbonyl (C=O) groups excluding carboxylic acids is 2. The molecule has 10 heteroatoms. The van der Waals surface area contributed by atoms with E-state index >= 15 is 0 Å². The standard InChI is InChI=1S/C24H29ClFN5O3/c1-23(2,3)20(32)34-13-24(4,15-9-10-17(26)16(25)11-15)30-22-28-18-8-6-7-14(19(18)29-22)12-31(5)21(27)33/h6-11H,12-13H2,1-5H3,(H2,27,33)(H2,28,29,30). The molecule has 0 fully saturated rings. The lowest BCUT2D eigenvalue weighted by Crippen LogP contribution is -2.40. The number of benzene rings is 2. The fraction of sp³-hybridized carbons (Fsp3) is 0.375. The van der Waals surface area contributed by atoms with Crippen molar-refractivity contribution in [3.8, 4) is 0 Å². The number of esters is 1. The lowest BCUT2D eigenvalue weighted by atomic mass is 9.92. The van der Waals surface area contributed by atoms with Gasteiger partial charge in [0.15, 0.2) is 0 Å². The van der Waals surface area contributed by atoms with E-state index in [0.29, 0.717) is 17.0 Å². The van der Waals surface area contributed by atoms with Gasteiger partial charge in [0.1, 0.15) is 12.4 Å². The summed E-state index contributed by atoms with van der Waals surface area (Å²) in [6, 6.07) is 9.34. The fourth-order valence-electron chi connectivity index (χ4n) is 3.33. The highest BCUT2D eigenvalue weighted by atomic mass is 35.5. The fourth-order valence-corrected chi connectivity index (χ4v) is 3.51. The van der Waals surface area contributed by atoms with Gasteiger partial charge in [-0.05, 0) is 57.0 Å². The number of ether oxygens (including phenoxy) is 1. The third-order valence-corrected chi connectivity index (χ3v) is 5.72. The molecule has 2 aromatic carbocycles. The summed E-state index contributed by atoms with van der Waals surface area (Å²) in [5, 5.41) is 3.24. The molecule has 0 radical (unpaired) electrons. The average Bonchev–Trinajstić information content (AvgIpc) is 3.16. The van der Waals surface area contributed by atoms with E-state index in [0.717, 1.165) is 11.1 Å². The lowest BCUT2D eigenvalue weighted by molar-refractivity contribution is -0.154. The van der Waals surface area contributed by atoms with Crippen molar-refractivity contribution in [3.05, 3.63) is 58.4 Å². The van der Waals surface area contributed by atoms with Crippen LogP contribution in [0, 0.1) is 11.2 Å². The van der Waals surface area contributed by atoms with Crippen LogP contribution in [0.15, 0.2) is 36.4 Å². The number of fused-ring (bicyclic) bond motifs is 1. The number of aromatic nitrogens is 2. The van der Waals surface area contributed by atoms with E-state index in [1.807, 2.05) is 25.1 Å². The number of primary amides is 1. The monoisotopic (exact) mass is 489 g/mol. The van der Waals surface area contributed by atoms with Gasteiger partial charge in [-0.1, -0.05) is 29.8 Å². The molecule has 0 aliphatic rings. The summed E-state index contributed by atoms with van der Waals surface area (Å²) < 4.78 is 19.4. The Labute approximate surface area is 202 Å². The SMILES string of the molecule is CN(Cc1cccc2[nH]c(NC(C)(COC(=O)C(C)(C)C)c3ccc(F)c(Cl)c3)nc12)C(N)=O. The largest absolute Gasteiger partial charge is 0.462 e. The van der Waals surface area contributed by atoms with Gasteiger partial charge < -0.3 is 25.7 Å². The Morgan fingerprint density at radius 1 is 1.24 bits per heavy atom. The van der Waals surface area contributed by atoms with Gasteiger partial charge in [0, 0.05) is 13.6 Å². The number of carbonyl (C=O) groups is 2. The van der Waals surface area contributed by atoms with Gasteiger partial charge in [-0.25, -0.2) is 14.2 Å². The number of nitrogens with zero attached hydrogens (tertiary/aromatic N) is 2. The van der Waals surface area contributed by atoms with Crippen molar-refractivity contribution in [1.29, 1.82) is 0 Å². The number of aromatic amines is 1. The molecule has 1 aromatic heterocycles. The maximum Gasteiger partial charge on any atom is 0.314 e. The number of imidazole rings is 1. The number of halogens is 2. The lowest BCUT2D eigenvalue weighted by Gasteiger charge is -2.32. The minimum Gasteiger partial charge on any atom is -0.462 e. The normalized spacial score (nSPS) is 13.4. The van der Waals surface area contributed by atoms with Crippen LogP contribution in [0.2, 0.25) is 5.02 Å². The van der Waals surface area contributed by atoms with E-state index in [1.165, 1.54) is 17.0 Å². The zero-order valence-electron chi connectivity index (χ0n) is 19.8. The third-order valence-electron chi connectivity index (χ3n) is 5.44. The summed E-state index contributed by atoms with van der Waals surface area (Å²) in [6.45, 7) is 7.32. The number of para-hydroxylation sites is 1. The van der Waals surface area contributed by atoms with Gasteiger partial charge in [-0.2, -0.15) is 0 Å². The summed E-state index contributed by atoms with van der Waals surface area (Å²) in [6.07, 6.45) is 0. The van der Waals surface area contributed by atoms with E-state index in [2.05, 4.69) is 15.3 Å². The summed E-state index contributed by atoms with van der Waals surface area (Å²) >= 11 is 6.04. The maximum atomic E-state index is 13.8. The summed E-state index contributed by atoms with van der Waals surface area (Å²) in [5.41, 5.74) is 6.48. The number of urea groups is 1. The number of nitrogens with one attached hydrogen (secondary N) is 2. The molecule has 2 amide bonds. The van der Waals surface area contributed by atoms with Gasteiger partial charge in [0.05, 0.1) is 27.0 Å². The molecular formula is C24H29ClFN5O3. The maximum absolute atomic E-state index is 13.8. The predicted molar refractivity (Wildman–Crippen MR) is 130 cm³/mol. The quantitative estimate of drug-likeness (QED) is 0.413. The number of H-pyrrole nitrogens is 1. The van der Waals surface area contributed by atoms with Gasteiger partial charge >= 0.3 is 12.0 Å². The van der Waals surface area contributed by atoms with Crippen LogP contribution in [0.1, 0.15) is 38.8 Å². The van der Waals surface area contributed by atoms with Gasteiger partial charge in [-0.3, -0.25) is 4.79 Å². The highest BCUT2D eigenvalue weighted by Gasteiger charge is 2.33. The van der Waals surface area contributed by atoms with E-state index in [9.17, 15) is 14.0 Å². The van der Waals surface area contributed by atoms with E-state index in [-0.39, 0.29) is 24.1 Å². The molecule has 0 saturated carbocycles. The number of nitrogens with two attached hydrogens (primary N) is 1. The highest BCUT2D eigenvalue weighted by molar-refractivity contribution is 6.30. The van der Waals surface area contributed by atoms with E-state index in [4.69, 9.17) is 22.1 Å². The minimum absolute atomic E-state index is 0.0472. The molecule has 1 atom stereocenters. The molecular weight excluding hydrogens is 461 g/mol. The molecule has 0 aliphatic heterocycles. The molecule has 3 rings (SSSR count). The topological polar surface area (TPSA) is 113 Å². The Balaban J connectivity index is 1.97. The van der Waals surface area contributed by atoms with Crippen molar-refractivity contribution in [2.45, 2.75) is 39.8 Å². The van der Waals surface area contributed by atoms with Crippen molar-refractivity contribution < 1.29 is 18.7 Å². The first-order valence-corrected chi connectivity index (χ1v) is 11.1. The van der Waals surface area contributed by atoms with Crippen LogP contribution < -0.4 is 11.1 Å². The summed E-state index contributed by atoms with van der Waals surface area (Å²) in [7, 11) is 1.60.